The van der Waals surface area contributed by atoms with Gasteiger partial charge in [0.15, 0.2) is 5.65 Å². The number of aromatic nitrogens is 4. The van der Waals surface area contributed by atoms with Crippen molar-refractivity contribution in [2.75, 3.05) is 13.2 Å². The van der Waals surface area contributed by atoms with Crippen molar-refractivity contribution in [3.8, 4) is 0 Å². The van der Waals surface area contributed by atoms with Crippen LogP contribution >= 0.6 is 0 Å². The molecule has 1 aliphatic rings. The topological polar surface area (TPSA) is 72.8 Å². The van der Waals surface area contributed by atoms with E-state index in [0.717, 1.165) is 44.7 Å². The first-order valence-electron chi connectivity index (χ1n) is 6.83. The Labute approximate surface area is 110 Å². The van der Waals surface area contributed by atoms with Gasteiger partial charge in [-0.15, -0.1) is 0 Å². The van der Waals surface area contributed by atoms with Crippen LogP contribution in [0.1, 0.15) is 38.1 Å². The fourth-order valence-electron chi connectivity index (χ4n) is 2.53. The van der Waals surface area contributed by atoms with Crippen molar-refractivity contribution in [1.82, 2.24) is 19.7 Å². The van der Waals surface area contributed by atoms with Crippen molar-refractivity contribution in [3.05, 3.63) is 22.4 Å². The summed E-state index contributed by atoms with van der Waals surface area (Å²) in [5, 5.41) is 4.93. The molecule has 6 nitrogen and oxygen atoms in total. The van der Waals surface area contributed by atoms with Gasteiger partial charge >= 0.3 is 0 Å². The molecule has 0 amide bonds. The number of fused-ring (bicyclic) bond motifs is 1. The summed E-state index contributed by atoms with van der Waals surface area (Å²) in [6.07, 6.45) is 5.21. The fraction of sp³-hybridized carbons (Fsp3) is 0.615. The standard InChI is InChI=1S/C13H18N4O2/c1-2-3-11-15-12-10(13(18)16-11)8-14-17(12)9-4-6-19-7-5-9/h8-9H,2-7H2,1H3,(H,15,16,18). The second kappa shape index (κ2) is 5.13. The molecule has 3 heterocycles. The van der Waals surface area contributed by atoms with Crippen LogP contribution < -0.4 is 5.56 Å². The number of nitrogens with zero attached hydrogens (tertiary/aromatic N) is 3. The zero-order valence-electron chi connectivity index (χ0n) is 11.1. The normalized spacial score (nSPS) is 17.1. The van der Waals surface area contributed by atoms with Crippen molar-refractivity contribution in [1.29, 1.82) is 0 Å². The molecule has 19 heavy (non-hydrogen) atoms. The fourth-order valence-corrected chi connectivity index (χ4v) is 2.53. The molecule has 0 aliphatic carbocycles. The van der Waals surface area contributed by atoms with E-state index in [0.29, 0.717) is 11.0 Å². The highest BCUT2D eigenvalue weighted by Crippen LogP contribution is 2.23. The van der Waals surface area contributed by atoms with E-state index >= 15 is 0 Å². The molecule has 0 atom stereocenters. The van der Waals surface area contributed by atoms with E-state index in [-0.39, 0.29) is 11.6 Å². The zero-order chi connectivity index (χ0) is 13.2. The summed E-state index contributed by atoms with van der Waals surface area (Å²) in [5.41, 5.74) is 0.617. The molecule has 102 valence electrons. The number of rotatable bonds is 3. The lowest BCUT2D eigenvalue weighted by Gasteiger charge is -2.22. The lowest BCUT2D eigenvalue weighted by Crippen LogP contribution is -2.21. The molecule has 0 bridgehead atoms. The summed E-state index contributed by atoms with van der Waals surface area (Å²) in [6, 6.07) is 0.287. The highest BCUT2D eigenvalue weighted by molar-refractivity contribution is 5.73. The molecular weight excluding hydrogens is 244 g/mol. The van der Waals surface area contributed by atoms with Crippen LogP contribution in [0.15, 0.2) is 11.0 Å². The van der Waals surface area contributed by atoms with Gasteiger partial charge in [0.2, 0.25) is 0 Å². The zero-order valence-corrected chi connectivity index (χ0v) is 11.1. The number of H-pyrrole nitrogens is 1. The minimum Gasteiger partial charge on any atom is -0.381 e. The molecule has 2 aromatic heterocycles. The Kier molecular flexibility index (Phi) is 3.33. The SMILES string of the molecule is CCCc1nc2c(cnn2C2CCOCC2)c(=O)[nH]1. The third-order valence-corrected chi connectivity index (χ3v) is 3.54. The summed E-state index contributed by atoms with van der Waals surface area (Å²) in [7, 11) is 0. The van der Waals surface area contributed by atoms with E-state index in [1.165, 1.54) is 0 Å². The number of hydrogen-bond acceptors (Lipinski definition) is 4. The summed E-state index contributed by atoms with van der Waals surface area (Å²) >= 11 is 0. The van der Waals surface area contributed by atoms with Gasteiger partial charge in [-0.3, -0.25) is 4.79 Å². The van der Waals surface area contributed by atoms with Gasteiger partial charge in [-0.1, -0.05) is 6.92 Å². The van der Waals surface area contributed by atoms with E-state index in [1.807, 2.05) is 4.68 Å². The summed E-state index contributed by atoms with van der Waals surface area (Å²) in [5.74, 6) is 0.744. The first-order chi connectivity index (χ1) is 9.29. The number of nitrogens with one attached hydrogen (secondary N) is 1. The van der Waals surface area contributed by atoms with E-state index in [9.17, 15) is 4.79 Å². The van der Waals surface area contributed by atoms with Crippen LogP contribution in [-0.2, 0) is 11.2 Å². The lowest BCUT2D eigenvalue weighted by molar-refractivity contribution is 0.0673. The van der Waals surface area contributed by atoms with Crippen LogP contribution in [0.5, 0.6) is 0 Å². The molecule has 1 N–H and O–H groups in total. The average molecular weight is 262 g/mol. The lowest BCUT2D eigenvalue weighted by atomic mass is 10.1. The third-order valence-electron chi connectivity index (χ3n) is 3.54. The second-order valence-corrected chi connectivity index (χ2v) is 4.93. The minimum absolute atomic E-state index is 0.0910. The molecule has 0 saturated carbocycles. The molecule has 0 unspecified atom stereocenters. The maximum Gasteiger partial charge on any atom is 0.262 e. The number of aromatic amines is 1. The molecule has 0 spiro atoms. The Hall–Kier alpha value is -1.69. The third kappa shape index (κ3) is 2.28. The molecule has 3 rings (SSSR count). The van der Waals surface area contributed by atoms with Crippen molar-refractivity contribution >= 4 is 11.0 Å². The van der Waals surface area contributed by atoms with Gasteiger partial charge in [0.05, 0.1) is 12.2 Å². The Morgan fingerprint density at radius 2 is 2.26 bits per heavy atom. The Balaban J connectivity index is 2.07. The van der Waals surface area contributed by atoms with Crippen molar-refractivity contribution in [3.63, 3.8) is 0 Å². The highest BCUT2D eigenvalue weighted by atomic mass is 16.5. The number of hydrogen-bond donors (Lipinski definition) is 1. The van der Waals surface area contributed by atoms with Gasteiger partial charge < -0.3 is 9.72 Å². The van der Waals surface area contributed by atoms with Gasteiger partial charge in [0, 0.05) is 19.6 Å². The highest BCUT2D eigenvalue weighted by Gasteiger charge is 2.20. The summed E-state index contributed by atoms with van der Waals surface area (Å²) < 4.78 is 7.26. The molecule has 0 aromatic carbocycles. The first-order valence-corrected chi connectivity index (χ1v) is 6.83. The molecule has 1 fully saturated rings. The van der Waals surface area contributed by atoms with Crippen molar-refractivity contribution in [2.45, 2.75) is 38.6 Å². The van der Waals surface area contributed by atoms with E-state index in [2.05, 4.69) is 22.0 Å². The van der Waals surface area contributed by atoms with Crippen LogP contribution in [0.3, 0.4) is 0 Å². The van der Waals surface area contributed by atoms with Gasteiger partial charge in [0.1, 0.15) is 11.2 Å². The molecule has 6 heteroatoms. The average Bonchev–Trinajstić information content (AvgIpc) is 2.84. The molecule has 1 saturated heterocycles. The Morgan fingerprint density at radius 3 is 3.00 bits per heavy atom. The van der Waals surface area contributed by atoms with Crippen LogP contribution in [-0.4, -0.2) is 33.0 Å². The van der Waals surface area contributed by atoms with Crippen LogP contribution in [0, 0.1) is 0 Å². The van der Waals surface area contributed by atoms with Gasteiger partial charge in [-0.25, -0.2) is 9.67 Å². The van der Waals surface area contributed by atoms with E-state index < -0.39 is 0 Å². The molecular formula is C13H18N4O2. The van der Waals surface area contributed by atoms with Crippen LogP contribution in [0.2, 0.25) is 0 Å². The smallest absolute Gasteiger partial charge is 0.262 e. The molecule has 1 aliphatic heterocycles. The van der Waals surface area contributed by atoms with Crippen LogP contribution in [0.4, 0.5) is 0 Å². The second-order valence-electron chi connectivity index (χ2n) is 4.93. The van der Waals surface area contributed by atoms with Gasteiger partial charge in [0.25, 0.3) is 5.56 Å². The Morgan fingerprint density at radius 1 is 1.47 bits per heavy atom. The number of ether oxygens (including phenoxy) is 1. The van der Waals surface area contributed by atoms with Crippen molar-refractivity contribution < 1.29 is 4.74 Å². The van der Waals surface area contributed by atoms with Crippen LogP contribution in [0.25, 0.3) is 11.0 Å². The van der Waals surface area contributed by atoms with E-state index in [4.69, 9.17) is 4.74 Å². The van der Waals surface area contributed by atoms with Crippen molar-refractivity contribution in [2.24, 2.45) is 0 Å². The molecule has 2 aromatic rings. The predicted octanol–water partition coefficient (Wildman–Crippen LogP) is 1.42. The summed E-state index contributed by atoms with van der Waals surface area (Å²) in [6.45, 7) is 3.56. The number of aryl methyl sites for hydroxylation is 1. The van der Waals surface area contributed by atoms with Gasteiger partial charge in [-0.05, 0) is 19.3 Å². The quantitative estimate of drug-likeness (QED) is 0.908. The molecule has 0 radical (unpaired) electrons. The first kappa shape index (κ1) is 12.3. The Bertz CT molecular complexity index is 625. The minimum atomic E-state index is -0.0910. The monoisotopic (exact) mass is 262 g/mol. The largest absolute Gasteiger partial charge is 0.381 e. The maximum atomic E-state index is 12.0. The summed E-state index contributed by atoms with van der Waals surface area (Å²) in [4.78, 5) is 19.4. The van der Waals surface area contributed by atoms with E-state index in [1.54, 1.807) is 6.20 Å². The maximum absolute atomic E-state index is 12.0. The predicted molar refractivity (Wildman–Crippen MR) is 71.2 cm³/mol. The van der Waals surface area contributed by atoms with Gasteiger partial charge in [-0.2, -0.15) is 5.10 Å².